The Bertz CT molecular complexity index is 1330. The molecular formula is C27H28ClF2NO8. The predicted molar refractivity (Wildman–Crippen MR) is 138 cm³/mol. The van der Waals surface area contributed by atoms with Crippen LogP contribution in [0.1, 0.15) is 46.8 Å². The number of carbonyl (C=O) groups excluding carboxylic acids is 3. The predicted octanol–water partition coefficient (Wildman–Crippen LogP) is 5.42. The highest BCUT2D eigenvalue weighted by Crippen LogP contribution is 2.42. The number of halogens is 3. The van der Waals surface area contributed by atoms with Gasteiger partial charge in [-0.15, -0.1) is 0 Å². The number of hydrogen-bond donors (Lipinski definition) is 1. The average Bonchev–Trinajstić information content (AvgIpc) is 3.30. The van der Waals surface area contributed by atoms with E-state index in [1.54, 1.807) is 26.0 Å². The topological polar surface area (TPSA) is 109 Å². The highest BCUT2D eigenvalue weighted by Gasteiger charge is 2.33. The Labute approximate surface area is 229 Å². The van der Waals surface area contributed by atoms with Crippen molar-refractivity contribution < 1.29 is 46.8 Å². The summed E-state index contributed by atoms with van der Waals surface area (Å²) in [6, 6.07) is 3.05. The van der Waals surface area contributed by atoms with Crippen LogP contribution in [-0.2, 0) is 27.4 Å². The van der Waals surface area contributed by atoms with E-state index in [9.17, 15) is 23.2 Å². The van der Waals surface area contributed by atoms with Gasteiger partial charge in [0, 0.05) is 17.5 Å². The van der Waals surface area contributed by atoms with Gasteiger partial charge in [-0.25, -0.2) is 4.79 Å². The Kier molecular flexibility index (Phi) is 9.74. The van der Waals surface area contributed by atoms with Gasteiger partial charge in [-0.1, -0.05) is 23.3 Å². The van der Waals surface area contributed by atoms with Crippen molar-refractivity contribution in [2.45, 2.75) is 46.1 Å². The third kappa shape index (κ3) is 6.42. The molecule has 0 saturated heterocycles. The van der Waals surface area contributed by atoms with Crippen molar-refractivity contribution in [2.75, 3.05) is 26.6 Å². The SMILES string of the molecule is COc1ccc(OC(=O)CCC(C)=CCc2c(NC(=O)C(F)F)c3c(c(C)c2OC)COC3=O)c(Cl)c1OC. The van der Waals surface area contributed by atoms with E-state index in [4.69, 9.17) is 35.3 Å². The first-order valence-electron chi connectivity index (χ1n) is 11.8. The fourth-order valence-corrected chi connectivity index (χ4v) is 4.44. The Morgan fingerprint density at radius 3 is 2.38 bits per heavy atom. The number of fused-ring (bicyclic) bond motifs is 1. The van der Waals surface area contributed by atoms with E-state index in [0.717, 1.165) is 5.57 Å². The van der Waals surface area contributed by atoms with E-state index in [1.165, 1.54) is 27.4 Å². The number of cyclic esters (lactones) is 1. The van der Waals surface area contributed by atoms with Crippen LogP contribution in [0.3, 0.4) is 0 Å². The Morgan fingerprint density at radius 1 is 1.10 bits per heavy atom. The monoisotopic (exact) mass is 567 g/mol. The molecule has 0 radical (unpaired) electrons. The van der Waals surface area contributed by atoms with Gasteiger partial charge in [-0.3, -0.25) is 9.59 Å². The number of carbonyl (C=O) groups is 3. The molecule has 2 aromatic carbocycles. The van der Waals surface area contributed by atoms with Crippen LogP contribution < -0.4 is 24.3 Å². The summed E-state index contributed by atoms with van der Waals surface area (Å²) in [5.74, 6) is -1.75. The minimum absolute atomic E-state index is 0.00859. The van der Waals surface area contributed by atoms with Gasteiger partial charge >= 0.3 is 18.4 Å². The van der Waals surface area contributed by atoms with E-state index in [2.05, 4.69) is 5.32 Å². The first kappa shape index (κ1) is 29.7. The molecule has 1 heterocycles. The normalized spacial score (nSPS) is 12.6. The van der Waals surface area contributed by atoms with Crippen LogP contribution in [-0.4, -0.2) is 45.6 Å². The molecule has 1 aliphatic rings. The van der Waals surface area contributed by atoms with Gasteiger partial charge < -0.3 is 29.0 Å². The molecule has 0 spiro atoms. The second-order valence-electron chi connectivity index (χ2n) is 8.57. The third-order valence-corrected chi connectivity index (χ3v) is 6.53. The molecule has 3 rings (SSSR count). The minimum atomic E-state index is -3.29. The maximum atomic E-state index is 13.1. The van der Waals surface area contributed by atoms with Gasteiger partial charge in [-0.05, 0) is 44.4 Å². The van der Waals surface area contributed by atoms with Crippen molar-refractivity contribution >= 4 is 35.1 Å². The maximum Gasteiger partial charge on any atom is 0.341 e. The Hall–Kier alpha value is -3.86. The van der Waals surface area contributed by atoms with Crippen molar-refractivity contribution in [1.82, 2.24) is 0 Å². The van der Waals surface area contributed by atoms with Crippen LogP contribution >= 0.6 is 11.6 Å². The lowest BCUT2D eigenvalue weighted by Gasteiger charge is -2.19. The molecule has 1 amide bonds. The molecule has 1 aliphatic heterocycles. The molecular weight excluding hydrogens is 540 g/mol. The molecule has 0 aliphatic carbocycles. The number of amides is 1. The number of methoxy groups -OCH3 is 3. The fraction of sp³-hybridized carbons (Fsp3) is 0.370. The summed E-state index contributed by atoms with van der Waals surface area (Å²) in [5, 5.41) is 2.25. The number of anilines is 1. The minimum Gasteiger partial charge on any atom is -0.496 e. The van der Waals surface area contributed by atoms with Crippen LogP contribution in [0.4, 0.5) is 14.5 Å². The summed E-state index contributed by atoms with van der Waals surface area (Å²) in [6.45, 7) is 3.43. The molecule has 210 valence electrons. The lowest BCUT2D eigenvalue weighted by atomic mass is 9.93. The molecule has 0 unspecified atom stereocenters. The molecule has 2 aromatic rings. The quantitative estimate of drug-likeness (QED) is 0.218. The van der Waals surface area contributed by atoms with Gasteiger partial charge in [0.15, 0.2) is 17.2 Å². The van der Waals surface area contributed by atoms with E-state index in [0.29, 0.717) is 34.6 Å². The summed E-state index contributed by atoms with van der Waals surface area (Å²) in [7, 11) is 4.27. The Morgan fingerprint density at radius 2 is 1.77 bits per heavy atom. The standard InChI is InChI=1S/C27H28ClF2NO8/c1-13(7-11-19(32)39-17-9-10-18(35-3)24(37-5)21(17)28)6-8-15-22(31-26(33)25(29)30)20-16(12-38-27(20)34)14(2)23(15)36-4/h6,9-10,25H,7-8,11-12H2,1-5H3,(H,31,33). The van der Waals surface area contributed by atoms with Gasteiger partial charge in [0.1, 0.15) is 17.4 Å². The number of ether oxygens (including phenoxy) is 5. The van der Waals surface area contributed by atoms with E-state index in [-0.39, 0.29) is 47.2 Å². The third-order valence-electron chi connectivity index (χ3n) is 6.17. The van der Waals surface area contributed by atoms with Crippen molar-refractivity contribution in [3.05, 3.63) is 51.1 Å². The number of hydrogen-bond acceptors (Lipinski definition) is 8. The molecule has 39 heavy (non-hydrogen) atoms. The largest absolute Gasteiger partial charge is 0.496 e. The second-order valence-corrected chi connectivity index (χ2v) is 8.95. The van der Waals surface area contributed by atoms with Crippen molar-refractivity contribution in [1.29, 1.82) is 0 Å². The lowest BCUT2D eigenvalue weighted by Crippen LogP contribution is -2.23. The van der Waals surface area contributed by atoms with Gasteiger partial charge in [0.25, 0.3) is 5.91 Å². The lowest BCUT2D eigenvalue weighted by molar-refractivity contribution is -0.134. The van der Waals surface area contributed by atoms with Crippen molar-refractivity contribution in [2.24, 2.45) is 0 Å². The molecule has 0 saturated carbocycles. The summed E-state index contributed by atoms with van der Waals surface area (Å²) in [6.07, 6.45) is -1.11. The van der Waals surface area contributed by atoms with Crippen molar-refractivity contribution in [3.63, 3.8) is 0 Å². The number of benzene rings is 2. The van der Waals surface area contributed by atoms with Crippen LogP contribution in [0.15, 0.2) is 23.8 Å². The van der Waals surface area contributed by atoms with Crippen LogP contribution in [0.5, 0.6) is 23.0 Å². The summed E-state index contributed by atoms with van der Waals surface area (Å²) < 4.78 is 52.5. The fourth-order valence-electron chi connectivity index (χ4n) is 4.17. The van der Waals surface area contributed by atoms with Crippen LogP contribution in [0.2, 0.25) is 5.02 Å². The number of allylic oxidation sites excluding steroid dienone is 2. The van der Waals surface area contributed by atoms with E-state index in [1.807, 2.05) is 0 Å². The summed E-state index contributed by atoms with van der Waals surface area (Å²) in [4.78, 5) is 36.8. The first-order chi connectivity index (χ1) is 18.5. The van der Waals surface area contributed by atoms with E-state index < -0.39 is 24.3 Å². The molecule has 0 bridgehead atoms. The molecule has 12 heteroatoms. The van der Waals surface area contributed by atoms with Gasteiger partial charge in [0.2, 0.25) is 0 Å². The molecule has 9 nitrogen and oxygen atoms in total. The number of alkyl halides is 2. The zero-order valence-electron chi connectivity index (χ0n) is 22.0. The zero-order valence-corrected chi connectivity index (χ0v) is 22.8. The number of rotatable bonds is 11. The summed E-state index contributed by atoms with van der Waals surface area (Å²) >= 11 is 6.26. The van der Waals surface area contributed by atoms with E-state index >= 15 is 0 Å². The highest BCUT2D eigenvalue weighted by molar-refractivity contribution is 6.34. The molecule has 1 N–H and O–H groups in total. The number of esters is 2. The molecule has 0 fully saturated rings. The summed E-state index contributed by atoms with van der Waals surface area (Å²) in [5.41, 5.74) is 2.11. The Balaban J connectivity index is 1.80. The highest BCUT2D eigenvalue weighted by atomic mass is 35.5. The van der Waals surface area contributed by atoms with Gasteiger partial charge in [-0.2, -0.15) is 8.78 Å². The average molecular weight is 568 g/mol. The first-order valence-corrected chi connectivity index (χ1v) is 12.2. The van der Waals surface area contributed by atoms with Gasteiger partial charge in [0.05, 0.1) is 32.6 Å². The second kappa shape index (κ2) is 12.8. The smallest absolute Gasteiger partial charge is 0.341 e. The van der Waals surface area contributed by atoms with Crippen molar-refractivity contribution in [3.8, 4) is 23.0 Å². The van der Waals surface area contributed by atoms with Crippen LogP contribution in [0.25, 0.3) is 0 Å². The number of nitrogens with one attached hydrogen (secondary N) is 1. The maximum absolute atomic E-state index is 13.1. The van der Waals surface area contributed by atoms with Crippen LogP contribution in [0, 0.1) is 6.92 Å². The molecule has 0 aromatic heterocycles. The molecule has 0 atom stereocenters. The zero-order chi connectivity index (χ0) is 28.9.